The number of benzene rings is 2. The zero-order valence-electron chi connectivity index (χ0n) is 16.6. The van der Waals surface area contributed by atoms with Crippen LogP contribution in [-0.2, 0) is 9.59 Å². The fourth-order valence-electron chi connectivity index (χ4n) is 3.56. The summed E-state index contributed by atoms with van der Waals surface area (Å²) in [6, 6.07) is 16.8. The number of nitrogens with zero attached hydrogens (tertiary/aromatic N) is 2. The molecule has 1 aliphatic heterocycles. The molecule has 1 amide bonds. The highest BCUT2D eigenvalue weighted by Gasteiger charge is 2.47. The SMILES string of the molecule is COc1ccc([C@@H]2C(=C(O)c3ccc(C)cc3)C(=O)C(=O)N2c2cccnc2)cc1. The van der Waals surface area contributed by atoms with E-state index < -0.39 is 17.7 Å². The number of carbonyl (C=O) groups is 2. The molecule has 4 rings (SSSR count). The molecule has 0 unspecified atom stereocenters. The molecule has 0 spiro atoms. The second kappa shape index (κ2) is 7.83. The third-order valence-corrected chi connectivity index (χ3v) is 5.13. The van der Waals surface area contributed by atoms with E-state index in [2.05, 4.69) is 4.98 Å². The zero-order chi connectivity index (χ0) is 21.3. The van der Waals surface area contributed by atoms with E-state index in [9.17, 15) is 14.7 Å². The number of pyridine rings is 1. The number of amides is 1. The molecule has 150 valence electrons. The number of Topliss-reactive ketones (excluding diaryl/α,β-unsaturated/α-hetero) is 1. The van der Waals surface area contributed by atoms with Crippen LogP contribution in [0, 0.1) is 6.92 Å². The van der Waals surface area contributed by atoms with Gasteiger partial charge in [0.1, 0.15) is 11.5 Å². The van der Waals surface area contributed by atoms with Crippen LogP contribution in [0.2, 0.25) is 0 Å². The minimum Gasteiger partial charge on any atom is -0.507 e. The first kappa shape index (κ1) is 19.4. The van der Waals surface area contributed by atoms with Crippen molar-refractivity contribution in [2.45, 2.75) is 13.0 Å². The maximum absolute atomic E-state index is 13.0. The maximum atomic E-state index is 13.0. The van der Waals surface area contributed by atoms with Gasteiger partial charge in [0, 0.05) is 11.8 Å². The number of ketones is 1. The lowest BCUT2D eigenvalue weighted by molar-refractivity contribution is -0.132. The Morgan fingerprint density at radius 1 is 1.03 bits per heavy atom. The van der Waals surface area contributed by atoms with Gasteiger partial charge in [-0.3, -0.25) is 19.5 Å². The molecule has 0 aliphatic carbocycles. The summed E-state index contributed by atoms with van der Waals surface area (Å²) in [7, 11) is 1.56. The van der Waals surface area contributed by atoms with Gasteiger partial charge >= 0.3 is 0 Å². The summed E-state index contributed by atoms with van der Waals surface area (Å²) in [5.74, 6) is -1.01. The van der Waals surface area contributed by atoms with Gasteiger partial charge in [-0.05, 0) is 36.8 Å². The third kappa shape index (κ3) is 3.33. The molecule has 3 aromatic rings. The number of aryl methyl sites for hydroxylation is 1. The third-order valence-electron chi connectivity index (χ3n) is 5.13. The van der Waals surface area contributed by atoms with Gasteiger partial charge in [-0.1, -0.05) is 42.0 Å². The van der Waals surface area contributed by atoms with Crippen LogP contribution < -0.4 is 9.64 Å². The number of methoxy groups -OCH3 is 1. The van der Waals surface area contributed by atoms with Crippen molar-refractivity contribution in [3.8, 4) is 5.75 Å². The summed E-state index contributed by atoms with van der Waals surface area (Å²) in [6.07, 6.45) is 3.11. The lowest BCUT2D eigenvalue weighted by Gasteiger charge is -2.25. The minimum atomic E-state index is -0.790. The number of aliphatic hydroxyl groups excluding tert-OH is 1. The lowest BCUT2D eigenvalue weighted by atomic mass is 9.95. The van der Waals surface area contributed by atoms with Gasteiger partial charge in [-0.25, -0.2) is 0 Å². The number of hydrogen-bond acceptors (Lipinski definition) is 5. The molecule has 2 heterocycles. The van der Waals surface area contributed by atoms with Gasteiger partial charge in [0.2, 0.25) is 0 Å². The fourth-order valence-corrected chi connectivity index (χ4v) is 3.56. The number of ether oxygens (including phenoxy) is 1. The molecule has 1 aliphatic rings. The van der Waals surface area contributed by atoms with Crippen LogP contribution in [0.5, 0.6) is 5.75 Å². The first-order valence-electron chi connectivity index (χ1n) is 9.43. The molecule has 2 aromatic carbocycles. The Hall–Kier alpha value is -3.93. The number of anilines is 1. The van der Waals surface area contributed by atoms with E-state index >= 15 is 0 Å². The Bertz CT molecular complexity index is 1120. The first-order chi connectivity index (χ1) is 14.5. The van der Waals surface area contributed by atoms with Crippen LogP contribution in [0.15, 0.2) is 78.6 Å². The molecular formula is C24H20N2O4. The first-order valence-corrected chi connectivity index (χ1v) is 9.43. The number of aliphatic hydroxyl groups is 1. The van der Waals surface area contributed by atoms with E-state index in [1.54, 1.807) is 61.8 Å². The summed E-state index contributed by atoms with van der Waals surface area (Å²) in [6.45, 7) is 1.93. The van der Waals surface area contributed by atoms with Gasteiger partial charge in [0.15, 0.2) is 0 Å². The second-order valence-corrected chi connectivity index (χ2v) is 7.02. The van der Waals surface area contributed by atoms with Crippen molar-refractivity contribution in [2.75, 3.05) is 12.0 Å². The standard InChI is InChI=1S/C24H20N2O4/c1-15-5-7-17(8-6-15)22(27)20-21(16-9-11-19(30-2)12-10-16)26(24(29)23(20)28)18-4-3-13-25-14-18/h3-14,21,27H,1-2H3/t21-/m1/s1. The number of aromatic nitrogens is 1. The topological polar surface area (TPSA) is 79.7 Å². The summed E-state index contributed by atoms with van der Waals surface area (Å²) >= 11 is 0. The molecule has 1 N–H and O–H groups in total. The second-order valence-electron chi connectivity index (χ2n) is 7.02. The van der Waals surface area contributed by atoms with Crippen molar-refractivity contribution in [2.24, 2.45) is 0 Å². The van der Waals surface area contributed by atoms with E-state index in [1.165, 1.54) is 11.1 Å². The van der Waals surface area contributed by atoms with Crippen LogP contribution in [0.3, 0.4) is 0 Å². The number of hydrogen-bond donors (Lipinski definition) is 1. The molecule has 30 heavy (non-hydrogen) atoms. The Morgan fingerprint density at radius 3 is 2.33 bits per heavy atom. The molecule has 0 saturated carbocycles. The maximum Gasteiger partial charge on any atom is 0.300 e. The van der Waals surface area contributed by atoms with Gasteiger partial charge in [0.25, 0.3) is 11.7 Å². The summed E-state index contributed by atoms with van der Waals surface area (Å²) < 4.78 is 5.22. The molecule has 0 radical (unpaired) electrons. The molecule has 1 atom stereocenters. The van der Waals surface area contributed by atoms with Crippen molar-refractivity contribution in [3.63, 3.8) is 0 Å². The Morgan fingerprint density at radius 2 is 1.73 bits per heavy atom. The van der Waals surface area contributed by atoms with Gasteiger partial charge < -0.3 is 9.84 Å². The Balaban J connectivity index is 1.92. The lowest BCUT2D eigenvalue weighted by Crippen LogP contribution is -2.29. The van der Waals surface area contributed by atoms with Crippen molar-refractivity contribution in [1.82, 2.24) is 4.98 Å². The molecule has 1 aromatic heterocycles. The summed E-state index contributed by atoms with van der Waals surface area (Å²) in [5, 5.41) is 11.0. The summed E-state index contributed by atoms with van der Waals surface area (Å²) in [4.78, 5) is 31.5. The highest BCUT2D eigenvalue weighted by Crippen LogP contribution is 2.42. The van der Waals surface area contributed by atoms with E-state index in [1.807, 2.05) is 19.1 Å². The van der Waals surface area contributed by atoms with Gasteiger partial charge in [-0.15, -0.1) is 0 Å². The van der Waals surface area contributed by atoms with E-state index in [4.69, 9.17) is 4.74 Å². The van der Waals surface area contributed by atoms with Crippen LogP contribution in [0.1, 0.15) is 22.7 Å². The van der Waals surface area contributed by atoms with E-state index in [0.29, 0.717) is 22.6 Å². The fraction of sp³-hybridized carbons (Fsp3) is 0.125. The predicted molar refractivity (Wildman–Crippen MR) is 113 cm³/mol. The molecule has 6 nitrogen and oxygen atoms in total. The highest BCUT2D eigenvalue weighted by molar-refractivity contribution is 6.51. The van der Waals surface area contributed by atoms with Gasteiger partial charge in [-0.2, -0.15) is 0 Å². The van der Waals surface area contributed by atoms with E-state index in [0.717, 1.165) is 5.56 Å². The quantitative estimate of drug-likeness (QED) is 0.406. The monoisotopic (exact) mass is 400 g/mol. The Kier molecular flexibility index (Phi) is 5.06. The van der Waals surface area contributed by atoms with E-state index in [-0.39, 0.29) is 11.3 Å². The van der Waals surface area contributed by atoms with Crippen molar-refractivity contribution >= 4 is 23.1 Å². The van der Waals surface area contributed by atoms with Crippen LogP contribution >= 0.6 is 0 Å². The summed E-state index contributed by atoms with van der Waals surface area (Å²) in [5.41, 5.74) is 2.69. The van der Waals surface area contributed by atoms with Gasteiger partial charge in [0.05, 0.1) is 30.6 Å². The minimum absolute atomic E-state index is 0.0397. The largest absolute Gasteiger partial charge is 0.507 e. The van der Waals surface area contributed by atoms with Crippen molar-refractivity contribution < 1.29 is 19.4 Å². The van der Waals surface area contributed by atoms with Crippen LogP contribution in [-0.4, -0.2) is 28.9 Å². The number of carbonyl (C=O) groups excluding carboxylic acids is 2. The Labute approximate surface area is 174 Å². The molecule has 1 saturated heterocycles. The molecule has 0 bridgehead atoms. The molecule has 6 heteroatoms. The molecular weight excluding hydrogens is 380 g/mol. The average Bonchev–Trinajstić information content (AvgIpc) is 3.05. The average molecular weight is 400 g/mol. The smallest absolute Gasteiger partial charge is 0.300 e. The number of rotatable bonds is 4. The molecule has 1 fully saturated rings. The van der Waals surface area contributed by atoms with Crippen LogP contribution in [0.25, 0.3) is 5.76 Å². The van der Waals surface area contributed by atoms with Crippen LogP contribution in [0.4, 0.5) is 5.69 Å². The predicted octanol–water partition coefficient (Wildman–Crippen LogP) is 4.02. The van der Waals surface area contributed by atoms with Crippen molar-refractivity contribution in [1.29, 1.82) is 0 Å². The van der Waals surface area contributed by atoms with Crippen molar-refractivity contribution in [3.05, 3.63) is 95.3 Å². The highest BCUT2D eigenvalue weighted by atomic mass is 16.5. The zero-order valence-corrected chi connectivity index (χ0v) is 16.6. The normalized spacial score (nSPS) is 17.9.